The number of aliphatic hydroxyl groups excluding tert-OH is 1. The fourth-order valence-electron chi connectivity index (χ4n) is 3.52. The molecule has 1 amide bonds. The lowest BCUT2D eigenvalue weighted by Crippen LogP contribution is -2.55. The van der Waals surface area contributed by atoms with Crippen LogP contribution in [0.25, 0.3) is 0 Å². The van der Waals surface area contributed by atoms with Crippen LogP contribution in [0.2, 0.25) is 0 Å². The van der Waals surface area contributed by atoms with Gasteiger partial charge >= 0.3 is 0 Å². The maximum Gasteiger partial charge on any atom is 0.263 e. The Morgan fingerprint density at radius 2 is 2.04 bits per heavy atom. The van der Waals surface area contributed by atoms with E-state index in [1.807, 2.05) is 0 Å². The van der Waals surface area contributed by atoms with Gasteiger partial charge in [0.1, 0.15) is 5.56 Å². The molecule has 2 atom stereocenters. The van der Waals surface area contributed by atoms with Crippen molar-refractivity contribution in [3.8, 4) is 0 Å². The van der Waals surface area contributed by atoms with Gasteiger partial charge in [0, 0.05) is 25.8 Å². The van der Waals surface area contributed by atoms with Crippen LogP contribution in [0, 0.1) is 0 Å². The van der Waals surface area contributed by atoms with E-state index in [4.69, 9.17) is 0 Å². The molecule has 1 aromatic heterocycles. The summed E-state index contributed by atoms with van der Waals surface area (Å²) < 4.78 is 1.60. The number of carbonyl (C=O) groups is 1. The number of hydrogen-bond donors (Lipinski definition) is 2. The van der Waals surface area contributed by atoms with Gasteiger partial charge in [0.15, 0.2) is 0 Å². The number of hydrogen-bond acceptors (Lipinski definition) is 4. The Labute approximate surface area is 135 Å². The predicted molar refractivity (Wildman–Crippen MR) is 85.5 cm³/mol. The molecule has 0 aromatic carbocycles. The van der Waals surface area contributed by atoms with Gasteiger partial charge in [-0.05, 0) is 50.7 Å². The van der Waals surface area contributed by atoms with E-state index in [2.05, 4.69) is 0 Å². The molecule has 23 heavy (non-hydrogen) atoms. The Hall–Kier alpha value is -1.66. The number of fused-ring (bicyclic) bond motifs is 1. The van der Waals surface area contributed by atoms with Gasteiger partial charge in [-0.2, -0.15) is 0 Å². The number of rotatable bonds is 1. The molecule has 2 heterocycles. The zero-order valence-electron chi connectivity index (χ0n) is 13.7. The molecule has 0 unspecified atom stereocenters. The van der Waals surface area contributed by atoms with Gasteiger partial charge in [0.2, 0.25) is 0 Å². The molecule has 2 aliphatic rings. The van der Waals surface area contributed by atoms with Gasteiger partial charge in [-0.25, -0.2) is 0 Å². The van der Waals surface area contributed by atoms with Gasteiger partial charge in [-0.3, -0.25) is 9.59 Å². The van der Waals surface area contributed by atoms with Gasteiger partial charge in [-0.1, -0.05) is 0 Å². The average Bonchev–Trinajstić information content (AvgIpc) is 2.53. The number of likely N-dealkylation sites (tertiary alicyclic amines) is 1. The minimum absolute atomic E-state index is 0.0477. The second-order valence-electron chi connectivity index (χ2n) is 6.98. The third-order valence-electron chi connectivity index (χ3n) is 5.26. The highest BCUT2D eigenvalue weighted by atomic mass is 16.3. The SMILES string of the molecule is Cn1c2c(cc(C(=O)N3CC[C@](C)(O)[C@@H](O)C3)c1=O)CCCC2. The first-order valence-electron chi connectivity index (χ1n) is 8.23. The van der Waals surface area contributed by atoms with Crippen molar-refractivity contribution in [1.82, 2.24) is 9.47 Å². The van der Waals surface area contributed by atoms with Gasteiger partial charge < -0.3 is 19.7 Å². The number of β-amino-alcohol motifs (C(OH)–C–C–N with tert-alkyl or cyclic N) is 1. The Morgan fingerprint density at radius 3 is 2.74 bits per heavy atom. The van der Waals surface area contributed by atoms with Gasteiger partial charge in [0.05, 0.1) is 11.7 Å². The maximum absolute atomic E-state index is 12.7. The summed E-state index contributed by atoms with van der Waals surface area (Å²) >= 11 is 0. The largest absolute Gasteiger partial charge is 0.388 e. The van der Waals surface area contributed by atoms with E-state index in [0.29, 0.717) is 13.0 Å². The average molecular weight is 320 g/mol. The quantitative estimate of drug-likeness (QED) is 0.775. The van der Waals surface area contributed by atoms with E-state index in [1.54, 1.807) is 24.6 Å². The lowest BCUT2D eigenvalue weighted by molar-refractivity contribution is -0.0999. The number of aryl methyl sites for hydroxylation is 1. The zero-order valence-corrected chi connectivity index (χ0v) is 13.7. The smallest absolute Gasteiger partial charge is 0.263 e. The van der Waals surface area contributed by atoms with E-state index in [1.165, 1.54) is 4.90 Å². The van der Waals surface area contributed by atoms with Crippen molar-refractivity contribution in [3.63, 3.8) is 0 Å². The van der Waals surface area contributed by atoms with Crippen molar-refractivity contribution in [1.29, 1.82) is 0 Å². The highest BCUT2D eigenvalue weighted by Crippen LogP contribution is 2.24. The zero-order chi connectivity index (χ0) is 16.8. The first-order chi connectivity index (χ1) is 10.8. The number of carbonyl (C=O) groups excluding carboxylic acids is 1. The molecule has 3 rings (SSSR count). The molecule has 6 heteroatoms. The van der Waals surface area contributed by atoms with Crippen LogP contribution in [-0.4, -0.2) is 50.4 Å². The number of aromatic nitrogens is 1. The molecule has 2 N–H and O–H groups in total. The van der Waals surface area contributed by atoms with Crippen LogP contribution in [0.1, 0.15) is 47.8 Å². The first-order valence-corrected chi connectivity index (χ1v) is 8.23. The summed E-state index contributed by atoms with van der Waals surface area (Å²) in [5.41, 5.74) is 0.812. The lowest BCUT2D eigenvalue weighted by Gasteiger charge is -2.39. The monoisotopic (exact) mass is 320 g/mol. The standard InChI is InChI=1S/C17H24N2O4/c1-17(23)7-8-19(10-14(17)20)16(22)12-9-11-5-3-4-6-13(11)18(2)15(12)21/h9,14,20,23H,3-8,10H2,1-2H3/t14-,17-/m0/s1. The number of amides is 1. The first kappa shape index (κ1) is 16.2. The second-order valence-corrected chi connectivity index (χ2v) is 6.98. The number of pyridine rings is 1. The molecule has 1 aliphatic heterocycles. The van der Waals surface area contributed by atoms with E-state index in [-0.39, 0.29) is 23.6 Å². The highest BCUT2D eigenvalue weighted by Gasteiger charge is 2.38. The molecule has 1 aromatic rings. The van der Waals surface area contributed by atoms with Crippen LogP contribution in [0.3, 0.4) is 0 Å². The summed E-state index contributed by atoms with van der Waals surface area (Å²) in [7, 11) is 1.72. The fraction of sp³-hybridized carbons (Fsp3) is 0.647. The predicted octanol–water partition coefficient (Wildman–Crippen LogP) is 0.222. The fourth-order valence-corrected chi connectivity index (χ4v) is 3.52. The van der Waals surface area contributed by atoms with E-state index < -0.39 is 11.7 Å². The van der Waals surface area contributed by atoms with Crippen LogP contribution >= 0.6 is 0 Å². The number of piperidine rings is 1. The minimum atomic E-state index is -1.18. The molecule has 0 radical (unpaired) electrons. The molecule has 1 aliphatic carbocycles. The summed E-state index contributed by atoms with van der Waals surface area (Å²) in [4.78, 5) is 26.7. The van der Waals surface area contributed by atoms with Gasteiger partial charge in [-0.15, -0.1) is 0 Å². The Morgan fingerprint density at radius 1 is 1.35 bits per heavy atom. The third kappa shape index (κ3) is 2.81. The summed E-state index contributed by atoms with van der Waals surface area (Å²) in [6, 6.07) is 1.73. The van der Waals surface area contributed by atoms with Crippen LogP contribution in [0.4, 0.5) is 0 Å². The van der Waals surface area contributed by atoms with Gasteiger partial charge in [0.25, 0.3) is 11.5 Å². The summed E-state index contributed by atoms with van der Waals surface area (Å²) in [6.07, 6.45) is 3.21. The molecule has 0 saturated carbocycles. The topological polar surface area (TPSA) is 82.8 Å². The lowest BCUT2D eigenvalue weighted by atomic mass is 9.90. The van der Waals surface area contributed by atoms with Crippen molar-refractivity contribution in [2.75, 3.05) is 13.1 Å². The molecule has 126 valence electrons. The highest BCUT2D eigenvalue weighted by molar-refractivity contribution is 5.94. The second kappa shape index (κ2) is 5.76. The van der Waals surface area contributed by atoms with Crippen LogP contribution in [-0.2, 0) is 19.9 Å². The molecular weight excluding hydrogens is 296 g/mol. The van der Waals surface area contributed by atoms with Crippen LogP contribution in [0.15, 0.2) is 10.9 Å². The summed E-state index contributed by atoms with van der Waals surface area (Å²) in [6.45, 7) is 1.95. The molecule has 0 spiro atoms. The summed E-state index contributed by atoms with van der Waals surface area (Å²) in [5.74, 6) is -0.353. The van der Waals surface area contributed by atoms with Crippen molar-refractivity contribution in [3.05, 3.63) is 33.2 Å². The van der Waals surface area contributed by atoms with Crippen LogP contribution < -0.4 is 5.56 Å². The Bertz CT molecular complexity index is 693. The normalized spacial score (nSPS) is 27.7. The Balaban J connectivity index is 1.92. The summed E-state index contributed by atoms with van der Waals surface area (Å²) in [5, 5.41) is 20.0. The minimum Gasteiger partial charge on any atom is -0.388 e. The molecule has 1 fully saturated rings. The van der Waals surface area contributed by atoms with E-state index >= 15 is 0 Å². The maximum atomic E-state index is 12.7. The van der Waals surface area contributed by atoms with E-state index in [0.717, 1.165) is 36.9 Å². The number of aliphatic hydroxyl groups is 2. The van der Waals surface area contributed by atoms with Crippen molar-refractivity contribution in [2.45, 2.75) is 50.7 Å². The number of nitrogens with zero attached hydrogens (tertiary/aromatic N) is 2. The molecule has 1 saturated heterocycles. The molecule has 6 nitrogen and oxygen atoms in total. The van der Waals surface area contributed by atoms with Crippen molar-refractivity contribution >= 4 is 5.91 Å². The van der Waals surface area contributed by atoms with Crippen molar-refractivity contribution in [2.24, 2.45) is 7.05 Å². The molecule has 0 bridgehead atoms. The Kier molecular flexibility index (Phi) is 4.06. The van der Waals surface area contributed by atoms with E-state index in [9.17, 15) is 19.8 Å². The van der Waals surface area contributed by atoms with Crippen molar-refractivity contribution < 1.29 is 15.0 Å². The van der Waals surface area contributed by atoms with Crippen LogP contribution in [0.5, 0.6) is 0 Å². The third-order valence-corrected chi connectivity index (χ3v) is 5.26. The molecular formula is C17H24N2O4.